The average Bonchev–Trinajstić information content (AvgIpc) is 2.09. The standard InChI is InChI=1S/C7H7BrFNO3/c1-13-7(9)3-2-5(10(11)12)4-6(7)8/h2-4,6H,1H3. The van der Waals surface area contributed by atoms with Crippen LogP contribution >= 0.6 is 15.9 Å². The molecule has 0 N–H and O–H groups in total. The van der Waals surface area contributed by atoms with Crippen LogP contribution in [0.1, 0.15) is 0 Å². The zero-order chi connectivity index (χ0) is 10.1. The highest BCUT2D eigenvalue weighted by atomic mass is 79.9. The fourth-order valence-corrected chi connectivity index (χ4v) is 1.52. The van der Waals surface area contributed by atoms with Crippen LogP contribution in [0.4, 0.5) is 4.39 Å². The predicted molar refractivity (Wildman–Crippen MR) is 47.8 cm³/mol. The molecule has 0 aromatic rings. The summed E-state index contributed by atoms with van der Waals surface area (Å²) in [5.41, 5.74) is -0.146. The number of ether oxygens (including phenoxy) is 1. The Morgan fingerprint density at radius 3 is 2.85 bits per heavy atom. The molecule has 72 valence electrons. The molecule has 0 heterocycles. The second kappa shape index (κ2) is 3.55. The Morgan fingerprint density at radius 2 is 2.46 bits per heavy atom. The molecule has 0 saturated heterocycles. The summed E-state index contributed by atoms with van der Waals surface area (Å²) in [6, 6.07) is 0. The van der Waals surface area contributed by atoms with Gasteiger partial charge in [0.05, 0.1) is 4.92 Å². The lowest BCUT2D eigenvalue weighted by Crippen LogP contribution is -2.35. The van der Waals surface area contributed by atoms with Crippen LogP contribution < -0.4 is 0 Å². The van der Waals surface area contributed by atoms with Crippen molar-refractivity contribution in [2.75, 3.05) is 7.11 Å². The summed E-state index contributed by atoms with van der Waals surface area (Å²) in [7, 11) is 1.20. The first-order chi connectivity index (χ1) is 5.99. The zero-order valence-corrected chi connectivity index (χ0v) is 8.32. The maximum absolute atomic E-state index is 13.5. The predicted octanol–water partition coefficient (Wildman–Crippen LogP) is 1.79. The van der Waals surface area contributed by atoms with Crippen molar-refractivity contribution in [1.82, 2.24) is 0 Å². The highest BCUT2D eigenvalue weighted by Gasteiger charge is 2.38. The van der Waals surface area contributed by atoms with E-state index in [1.165, 1.54) is 7.11 Å². The van der Waals surface area contributed by atoms with Crippen LogP contribution in [-0.4, -0.2) is 22.7 Å². The molecule has 4 nitrogen and oxygen atoms in total. The Balaban J connectivity index is 2.91. The average molecular weight is 252 g/mol. The van der Waals surface area contributed by atoms with Gasteiger partial charge in [0.25, 0.3) is 5.70 Å². The first-order valence-electron chi connectivity index (χ1n) is 3.43. The van der Waals surface area contributed by atoms with Crippen molar-refractivity contribution in [3.05, 3.63) is 34.0 Å². The van der Waals surface area contributed by atoms with Gasteiger partial charge in [0.15, 0.2) is 0 Å². The minimum atomic E-state index is -2.00. The van der Waals surface area contributed by atoms with Crippen molar-refractivity contribution in [2.24, 2.45) is 0 Å². The van der Waals surface area contributed by atoms with E-state index in [1.807, 2.05) is 0 Å². The van der Waals surface area contributed by atoms with E-state index in [4.69, 9.17) is 0 Å². The van der Waals surface area contributed by atoms with Crippen molar-refractivity contribution in [1.29, 1.82) is 0 Å². The van der Waals surface area contributed by atoms with Crippen molar-refractivity contribution in [3.8, 4) is 0 Å². The molecule has 0 saturated carbocycles. The molecule has 1 aliphatic carbocycles. The number of nitro groups is 1. The van der Waals surface area contributed by atoms with Gasteiger partial charge in [0, 0.05) is 19.3 Å². The Labute approximate surface area is 82.3 Å². The van der Waals surface area contributed by atoms with E-state index < -0.39 is 15.6 Å². The topological polar surface area (TPSA) is 52.4 Å². The summed E-state index contributed by atoms with van der Waals surface area (Å²) in [6.07, 6.45) is 3.26. The van der Waals surface area contributed by atoms with Gasteiger partial charge in [-0.3, -0.25) is 10.1 Å². The fourth-order valence-electron chi connectivity index (χ4n) is 0.912. The molecular formula is C7H7BrFNO3. The van der Waals surface area contributed by atoms with Crippen molar-refractivity contribution >= 4 is 15.9 Å². The molecule has 1 rings (SSSR count). The third-order valence-electron chi connectivity index (χ3n) is 1.70. The Hall–Kier alpha value is -0.750. The van der Waals surface area contributed by atoms with Crippen LogP contribution in [0.5, 0.6) is 0 Å². The van der Waals surface area contributed by atoms with Gasteiger partial charge in [-0.1, -0.05) is 15.9 Å². The fraction of sp³-hybridized carbons (Fsp3) is 0.429. The van der Waals surface area contributed by atoms with Crippen LogP contribution in [-0.2, 0) is 4.74 Å². The maximum Gasteiger partial charge on any atom is 0.266 e. The van der Waals surface area contributed by atoms with E-state index in [0.29, 0.717) is 0 Å². The number of hydrogen-bond acceptors (Lipinski definition) is 3. The van der Waals surface area contributed by atoms with Gasteiger partial charge in [-0.2, -0.15) is 0 Å². The number of rotatable bonds is 2. The first-order valence-corrected chi connectivity index (χ1v) is 4.35. The van der Waals surface area contributed by atoms with Crippen molar-refractivity contribution in [3.63, 3.8) is 0 Å². The molecule has 0 aromatic carbocycles. The minimum absolute atomic E-state index is 0.146. The monoisotopic (exact) mass is 251 g/mol. The van der Waals surface area contributed by atoms with E-state index in [-0.39, 0.29) is 5.70 Å². The lowest BCUT2D eigenvalue weighted by molar-refractivity contribution is -0.419. The highest BCUT2D eigenvalue weighted by molar-refractivity contribution is 9.09. The number of allylic oxidation sites excluding steroid dienone is 1. The van der Waals surface area contributed by atoms with E-state index in [9.17, 15) is 14.5 Å². The summed E-state index contributed by atoms with van der Waals surface area (Å²) < 4.78 is 18.1. The van der Waals surface area contributed by atoms with E-state index in [2.05, 4.69) is 20.7 Å². The molecule has 0 aromatic heterocycles. The van der Waals surface area contributed by atoms with Crippen LogP contribution in [0, 0.1) is 10.1 Å². The lowest BCUT2D eigenvalue weighted by atomic mass is 10.1. The molecule has 0 radical (unpaired) electrons. The third-order valence-corrected chi connectivity index (χ3v) is 2.59. The van der Waals surface area contributed by atoms with Gasteiger partial charge in [0.1, 0.15) is 4.83 Å². The Bertz CT molecular complexity index is 291. The number of nitrogens with zero attached hydrogens (tertiary/aromatic N) is 1. The second-order valence-electron chi connectivity index (χ2n) is 2.49. The summed E-state index contributed by atoms with van der Waals surface area (Å²) >= 11 is 2.95. The normalized spacial score (nSPS) is 32.8. The molecule has 0 amide bonds. The molecule has 0 fully saturated rings. The maximum atomic E-state index is 13.5. The minimum Gasteiger partial charge on any atom is -0.345 e. The van der Waals surface area contributed by atoms with Gasteiger partial charge >= 0.3 is 0 Å². The summed E-state index contributed by atoms with van der Waals surface area (Å²) in [5, 5.41) is 10.3. The molecule has 2 unspecified atom stereocenters. The van der Waals surface area contributed by atoms with E-state index >= 15 is 0 Å². The van der Waals surface area contributed by atoms with Crippen molar-refractivity contribution in [2.45, 2.75) is 10.7 Å². The third kappa shape index (κ3) is 1.94. The Morgan fingerprint density at radius 1 is 1.85 bits per heavy atom. The molecule has 1 aliphatic rings. The Kier molecular flexibility index (Phi) is 2.82. The molecular weight excluding hydrogens is 245 g/mol. The highest BCUT2D eigenvalue weighted by Crippen LogP contribution is 2.31. The molecule has 6 heteroatoms. The summed E-state index contributed by atoms with van der Waals surface area (Å²) in [6.45, 7) is 0. The van der Waals surface area contributed by atoms with Gasteiger partial charge in [-0.05, 0) is 6.08 Å². The SMILES string of the molecule is COC1(F)C=CC([N+](=O)[O-])=CC1Br. The van der Waals surface area contributed by atoms with E-state index in [1.54, 1.807) is 0 Å². The second-order valence-corrected chi connectivity index (χ2v) is 3.47. The van der Waals surface area contributed by atoms with Crippen LogP contribution in [0.2, 0.25) is 0 Å². The molecule has 0 bridgehead atoms. The van der Waals surface area contributed by atoms with Gasteiger partial charge < -0.3 is 4.74 Å². The molecule has 0 aliphatic heterocycles. The quantitative estimate of drug-likeness (QED) is 0.427. The summed E-state index contributed by atoms with van der Waals surface area (Å²) in [5.74, 6) is -2.00. The van der Waals surface area contributed by atoms with Crippen LogP contribution in [0.3, 0.4) is 0 Å². The van der Waals surface area contributed by atoms with Gasteiger partial charge in [-0.25, -0.2) is 4.39 Å². The number of alkyl halides is 2. The van der Waals surface area contributed by atoms with Gasteiger partial charge in [-0.15, -0.1) is 0 Å². The van der Waals surface area contributed by atoms with Crippen molar-refractivity contribution < 1.29 is 14.1 Å². The smallest absolute Gasteiger partial charge is 0.266 e. The van der Waals surface area contributed by atoms with E-state index in [0.717, 1.165) is 18.2 Å². The summed E-state index contributed by atoms with van der Waals surface area (Å²) in [4.78, 5) is 8.88. The lowest BCUT2D eigenvalue weighted by Gasteiger charge is -2.24. The largest absolute Gasteiger partial charge is 0.345 e. The molecule has 0 spiro atoms. The number of hydrogen-bond donors (Lipinski definition) is 0. The molecule has 13 heavy (non-hydrogen) atoms. The van der Waals surface area contributed by atoms with Crippen LogP contribution in [0.15, 0.2) is 23.9 Å². The first kappa shape index (κ1) is 10.3. The molecule has 2 atom stereocenters. The van der Waals surface area contributed by atoms with Crippen LogP contribution in [0.25, 0.3) is 0 Å². The number of methoxy groups -OCH3 is 1. The zero-order valence-electron chi connectivity index (χ0n) is 6.74. The van der Waals surface area contributed by atoms with Gasteiger partial charge in [0.2, 0.25) is 5.85 Å². The number of halogens is 2.